The van der Waals surface area contributed by atoms with E-state index >= 15 is 0 Å². The Labute approximate surface area is 158 Å². The molecule has 0 aliphatic heterocycles. The molecule has 1 heteroatoms. The first-order valence-electron chi connectivity index (χ1n) is 8.98. The zero-order chi connectivity index (χ0) is 17.5. The minimum absolute atomic E-state index is 0.304. The van der Waals surface area contributed by atoms with E-state index in [1.165, 1.54) is 39.0 Å². The highest BCUT2D eigenvalue weighted by Gasteiger charge is 2.55. The first-order chi connectivity index (χ1) is 12.7. The summed E-state index contributed by atoms with van der Waals surface area (Å²) in [5.74, 6) is 0.304. The second-order valence-corrected chi connectivity index (χ2v) is 7.77. The number of allylic oxidation sites excluding steroid dienone is 3. The topological polar surface area (TPSA) is 0 Å². The summed E-state index contributed by atoms with van der Waals surface area (Å²) in [5, 5.41) is 0. The standard InChI is InChI=1S/C25H16S/c1-15-14-22(24(15)26)25-19-11-5-2-8-16(19)23(17-9-3-6-12-20(17)25)18-10-4-7-13-21(18)25/h2-14,23H,1H2. The molecule has 4 aliphatic carbocycles. The molecule has 0 nitrogen and oxygen atoms in total. The van der Waals surface area contributed by atoms with Gasteiger partial charge in [-0.3, -0.25) is 0 Å². The van der Waals surface area contributed by atoms with Crippen LogP contribution in [0.2, 0.25) is 0 Å². The molecule has 0 saturated carbocycles. The van der Waals surface area contributed by atoms with Crippen LogP contribution >= 0.6 is 12.2 Å². The van der Waals surface area contributed by atoms with Crippen molar-refractivity contribution in [1.82, 2.24) is 0 Å². The average molecular weight is 348 g/mol. The van der Waals surface area contributed by atoms with Crippen LogP contribution < -0.4 is 0 Å². The lowest BCUT2D eigenvalue weighted by molar-refractivity contribution is 0.632. The normalized spacial score (nSPS) is 24.3. The first-order valence-corrected chi connectivity index (χ1v) is 9.39. The molecule has 0 amide bonds. The molecule has 0 saturated heterocycles. The van der Waals surface area contributed by atoms with Crippen LogP contribution in [0.3, 0.4) is 0 Å². The van der Waals surface area contributed by atoms with Crippen LogP contribution in [-0.4, -0.2) is 4.86 Å². The number of rotatable bonds is 1. The summed E-state index contributed by atoms with van der Waals surface area (Å²) in [7, 11) is 0. The Balaban J connectivity index is 1.86. The third-order valence-electron chi connectivity index (χ3n) is 6.29. The number of benzene rings is 3. The van der Waals surface area contributed by atoms with Gasteiger partial charge in [-0.05, 0) is 50.6 Å². The molecule has 3 aromatic carbocycles. The molecule has 0 atom stereocenters. The molecule has 3 aromatic rings. The molecular formula is C25H16S. The summed E-state index contributed by atoms with van der Waals surface area (Å²) in [6, 6.07) is 26.7. The van der Waals surface area contributed by atoms with Crippen LogP contribution in [0, 0.1) is 0 Å². The van der Waals surface area contributed by atoms with E-state index in [2.05, 4.69) is 85.5 Å². The fraction of sp³-hybridized carbons (Fsp3) is 0.0800. The maximum Gasteiger partial charge on any atom is 0.0724 e. The second-order valence-electron chi connectivity index (χ2n) is 7.36. The van der Waals surface area contributed by atoms with Crippen molar-refractivity contribution in [2.75, 3.05) is 0 Å². The average Bonchev–Trinajstić information content (AvgIpc) is 2.71. The van der Waals surface area contributed by atoms with Gasteiger partial charge in [-0.25, -0.2) is 0 Å². The van der Waals surface area contributed by atoms with Gasteiger partial charge in [0.1, 0.15) is 0 Å². The van der Waals surface area contributed by atoms with E-state index in [0.717, 1.165) is 10.4 Å². The van der Waals surface area contributed by atoms with E-state index in [-0.39, 0.29) is 5.41 Å². The van der Waals surface area contributed by atoms with Gasteiger partial charge in [0.2, 0.25) is 0 Å². The van der Waals surface area contributed by atoms with Crippen molar-refractivity contribution in [3.05, 3.63) is 130 Å². The molecule has 0 spiro atoms. The quantitative estimate of drug-likeness (QED) is 0.402. The van der Waals surface area contributed by atoms with Gasteiger partial charge >= 0.3 is 0 Å². The van der Waals surface area contributed by atoms with Gasteiger partial charge in [0.25, 0.3) is 0 Å². The summed E-state index contributed by atoms with van der Waals surface area (Å²) in [4.78, 5) is 0.921. The van der Waals surface area contributed by atoms with Crippen LogP contribution in [0.1, 0.15) is 39.3 Å². The number of thiocarbonyl (C=S) groups is 1. The van der Waals surface area contributed by atoms with E-state index in [1.54, 1.807) is 0 Å². The lowest BCUT2D eigenvalue weighted by atomic mass is 9.49. The molecule has 122 valence electrons. The summed E-state index contributed by atoms with van der Waals surface area (Å²) >= 11 is 5.78. The zero-order valence-electron chi connectivity index (χ0n) is 14.2. The SMILES string of the molecule is C=C1C=C(C23c4ccccc4C(c4ccccc42)c2ccccc23)C1=S. The summed E-state index contributed by atoms with van der Waals surface area (Å²) in [5.41, 5.74) is 10.3. The van der Waals surface area contributed by atoms with Crippen LogP contribution in [0.25, 0.3) is 0 Å². The van der Waals surface area contributed by atoms with Crippen molar-refractivity contribution >= 4 is 17.1 Å². The van der Waals surface area contributed by atoms with Crippen molar-refractivity contribution in [3.63, 3.8) is 0 Å². The molecule has 0 fully saturated rings. The zero-order valence-corrected chi connectivity index (χ0v) is 15.0. The van der Waals surface area contributed by atoms with Gasteiger partial charge in [-0.15, -0.1) is 0 Å². The van der Waals surface area contributed by atoms with Crippen LogP contribution in [-0.2, 0) is 5.41 Å². The molecular weight excluding hydrogens is 332 g/mol. The highest BCUT2D eigenvalue weighted by molar-refractivity contribution is 7.81. The van der Waals surface area contributed by atoms with Crippen LogP contribution in [0.4, 0.5) is 0 Å². The summed E-state index contributed by atoms with van der Waals surface area (Å²) in [6.07, 6.45) is 2.19. The maximum absolute atomic E-state index is 5.78. The molecule has 26 heavy (non-hydrogen) atoms. The van der Waals surface area contributed by atoms with Crippen molar-refractivity contribution in [1.29, 1.82) is 0 Å². The predicted octanol–water partition coefficient (Wildman–Crippen LogP) is 5.69. The number of hydrogen-bond donors (Lipinski definition) is 0. The first kappa shape index (κ1) is 14.4. The van der Waals surface area contributed by atoms with Crippen molar-refractivity contribution < 1.29 is 0 Å². The Morgan fingerprint density at radius 3 is 1.50 bits per heavy atom. The summed E-state index contributed by atoms with van der Waals surface area (Å²) in [6.45, 7) is 4.12. The van der Waals surface area contributed by atoms with E-state index < -0.39 is 0 Å². The van der Waals surface area contributed by atoms with Crippen molar-refractivity contribution in [2.45, 2.75) is 11.3 Å². The molecule has 0 aromatic heterocycles. The monoisotopic (exact) mass is 348 g/mol. The molecule has 0 heterocycles. The van der Waals surface area contributed by atoms with E-state index in [4.69, 9.17) is 12.2 Å². The maximum atomic E-state index is 5.78. The van der Waals surface area contributed by atoms with Crippen LogP contribution in [0.15, 0.2) is 96.6 Å². The number of hydrogen-bond acceptors (Lipinski definition) is 1. The minimum atomic E-state index is -0.309. The van der Waals surface area contributed by atoms with Crippen molar-refractivity contribution in [2.24, 2.45) is 0 Å². The molecule has 0 unspecified atom stereocenters. The van der Waals surface area contributed by atoms with Gasteiger partial charge in [0.15, 0.2) is 0 Å². The molecule has 0 N–H and O–H groups in total. The van der Waals surface area contributed by atoms with Gasteiger partial charge in [-0.1, -0.05) is 91.6 Å². The van der Waals surface area contributed by atoms with Gasteiger partial charge < -0.3 is 0 Å². The Bertz CT molecular complexity index is 1060. The largest absolute Gasteiger partial charge is 0.0903 e. The molecule has 4 aliphatic rings. The fourth-order valence-corrected chi connectivity index (χ4v) is 5.59. The minimum Gasteiger partial charge on any atom is -0.0903 e. The third-order valence-corrected chi connectivity index (χ3v) is 6.77. The Morgan fingerprint density at radius 1 is 0.692 bits per heavy atom. The van der Waals surface area contributed by atoms with Gasteiger partial charge in [0.05, 0.1) is 5.41 Å². The van der Waals surface area contributed by atoms with Crippen LogP contribution in [0.5, 0.6) is 0 Å². The lowest BCUT2D eigenvalue weighted by Gasteiger charge is -2.53. The second kappa shape index (κ2) is 4.69. The Hall–Kier alpha value is -2.77. The van der Waals surface area contributed by atoms with E-state index in [1.807, 2.05) is 0 Å². The van der Waals surface area contributed by atoms with Crippen molar-refractivity contribution in [3.8, 4) is 0 Å². The highest BCUT2D eigenvalue weighted by atomic mass is 32.1. The summed E-state index contributed by atoms with van der Waals surface area (Å²) < 4.78 is 0. The molecule has 7 rings (SSSR count). The lowest BCUT2D eigenvalue weighted by Crippen LogP contribution is -2.47. The van der Waals surface area contributed by atoms with E-state index in [0.29, 0.717) is 5.92 Å². The highest BCUT2D eigenvalue weighted by Crippen LogP contribution is 2.63. The predicted molar refractivity (Wildman–Crippen MR) is 110 cm³/mol. The van der Waals surface area contributed by atoms with Gasteiger partial charge in [-0.2, -0.15) is 0 Å². The smallest absolute Gasteiger partial charge is 0.0724 e. The fourth-order valence-electron chi connectivity index (χ4n) is 5.32. The molecule has 2 bridgehead atoms. The molecule has 0 radical (unpaired) electrons. The van der Waals surface area contributed by atoms with E-state index in [9.17, 15) is 0 Å². The van der Waals surface area contributed by atoms with Gasteiger partial charge in [0, 0.05) is 10.8 Å². The Morgan fingerprint density at radius 2 is 1.12 bits per heavy atom. The third kappa shape index (κ3) is 1.42. The Kier molecular flexibility index (Phi) is 2.60.